The Morgan fingerprint density at radius 2 is 1.76 bits per heavy atom. The topological polar surface area (TPSA) is 162 Å². The molecule has 1 aliphatic rings. The third kappa shape index (κ3) is 8.50. The number of hydroxylamine groups is 3. The van der Waals surface area contributed by atoms with Crippen molar-refractivity contribution in [2.75, 3.05) is 48.4 Å². The minimum Gasteiger partial charge on any atom is -0.491 e. The number of quaternary nitrogens is 1. The summed E-state index contributed by atoms with van der Waals surface area (Å²) >= 11 is 0. The Hall–Kier alpha value is -4.01. The molecule has 0 bridgehead atoms. The predicted octanol–water partition coefficient (Wildman–Crippen LogP) is 4.39. The van der Waals surface area contributed by atoms with E-state index in [1.165, 1.54) is 6.20 Å². The summed E-state index contributed by atoms with van der Waals surface area (Å²) in [6.45, 7) is 9.91. The number of urea groups is 1. The molecule has 1 fully saturated rings. The van der Waals surface area contributed by atoms with Gasteiger partial charge < -0.3 is 19.9 Å². The van der Waals surface area contributed by atoms with E-state index < -0.39 is 22.1 Å². The van der Waals surface area contributed by atoms with E-state index >= 15 is 0 Å². The zero-order valence-electron chi connectivity index (χ0n) is 24.3. The van der Waals surface area contributed by atoms with Crippen molar-refractivity contribution in [1.29, 1.82) is 0 Å². The summed E-state index contributed by atoms with van der Waals surface area (Å²) in [7, 11) is -3.57. The van der Waals surface area contributed by atoms with Gasteiger partial charge >= 0.3 is 16.1 Å². The Morgan fingerprint density at radius 1 is 1.07 bits per heavy atom. The van der Waals surface area contributed by atoms with Crippen LogP contribution in [0.1, 0.15) is 50.4 Å². The SMILES string of the molecule is CC[N+]1(OS(C)(=O)=O)CC[C@@H](COc2ccc(C(=O)Nc3ccc(NC(=O)Nc4cc(C(C)(C)C)on4)cc3)nc2)C1. The lowest BCUT2D eigenvalue weighted by Crippen LogP contribution is -2.47. The monoisotopic (exact) mass is 601 g/mol. The smallest absolute Gasteiger partial charge is 0.324 e. The van der Waals surface area contributed by atoms with Gasteiger partial charge in [-0.1, -0.05) is 30.2 Å². The van der Waals surface area contributed by atoms with Gasteiger partial charge in [0.25, 0.3) is 5.91 Å². The van der Waals surface area contributed by atoms with Gasteiger partial charge in [-0.15, -0.1) is 0 Å². The average Bonchev–Trinajstić information content (AvgIpc) is 3.55. The van der Waals surface area contributed by atoms with E-state index in [0.717, 1.165) is 12.7 Å². The summed E-state index contributed by atoms with van der Waals surface area (Å²) < 4.78 is 39.8. The van der Waals surface area contributed by atoms with Crippen LogP contribution in [0.25, 0.3) is 0 Å². The van der Waals surface area contributed by atoms with Crippen LogP contribution < -0.4 is 20.7 Å². The quantitative estimate of drug-likeness (QED) is 0.286. The van der Waals surface area contributed by atoms with E-state index in [1.54, 1.807) is 42.5 Å². The van der Waals surface area contributed by atoms with Crippen molar-refractivity contribution in [3.63, 3.8) is 0 Å². The number of nitrogens with one attached hydrogen (secondary N) is 3. The van der Waals surface area contributed by atoms with Crippen LogP contribution in [0.3, 0.4) is 0 Å². The highest BCUT2D eigenvalue weighted by Gasteiger charge is 2.42. The fourth-order valence-electron chi connectivity index (χ4n) is 4.51. The molecular weight excluding hydrogens is 564 g/mol. The molecule has 14 heteroatoms. The summed E-state index contributed by atoms with van der Waals surface area (Å²) in [4.78, 5) is 29.2. The van der Waals surface area contributed by atoms with Crippen LogP contribution in [0, 0.1) is 5.92 Å². The number of nitrogens with zero attached hydrogens (tertiary/aromatic N) is 3. The van der Waals surface area contributed by atoms with Gasteiger partial charge in [0.05, 0.1) is 25.0 Å². The Morgan fingerprint density at radius 3 is 2.33 bits per heavy atom. The van der Waals surface area contributed by atoms with Crippen molar-refractivity contribution in [1.82, 2.24) is 10.1 Å². The molecule has 2 atom stereocenters. The first-order chi connectivity index (χ1) is 19.7. The molecule has 2 aromatic heterocycles. The van der Waals surface area contributed by atoms with Gasteiger partial charge in [0.2, 0.25) is 0 Å². The first-order valence-electron chi connectivity index (χ1n) is 13.6. The highest BCUT2D eigenvalue weighted by atomic mass is 32.2. The fourth-order valence-corrected chi connectivity index (χ4v) is 5.33. The van der Waals surface area contributed by atoms with Crippen LogP contribution in [-0.2, 0) is 19.8 Å². The molecule has 0 radical (unpaired) electrons. The van der Waals surface area contributed by atoms with Crippen molar-refractivity contribution in [3.8, 4) is 5.75 Å². The third-order valence-electron chi connectivity index (χ3n) is 6.75. The summed E-state index contributed by atoms with van der Waals surface area (Å²) in [5, 5.41) is 12.0. The van der Waals surface area contributed by atoms with Crippen LogP contribution in [0.2, 0.25) is 0 Å². The maximum Gasteiger partial charge on any atom is 0.324 e. The lowest BCUT2D eigenvalue weighted by molar-refractivity contribution is -1.07. The molecule has 1 unspecified atom stereocenters. The van der Waals surface area contributed by atoms with Crippen molar-refractivity contribution >= 4 is 39.2 Å². The fraction of sp³-hybridized carbons (Fsp3) is 0.429. The first kappa shape index (κ1) is 30.9. The molecule has 3 N–H and O–H groups in total. The van der Waals surface area contributed by atoms with E-state index in [2.05, 4.69) is 26.1 Å². The number of rotatable bonds is 10. The zero-order valence-corrected chi connectivity index (χ0v) is 25.2. The van der Waals surface area contributed by atoms with Crippen molar-refractivity contribution in [3.05, 3.63) is 60.1 Å². The maximum absolute atomic E-state index is 12.7. The second-order valence-electron chi connectivity index (χ2n) is 11.3. The largest absolute Gasteiger partial charge is 0.491 e. The minimum atomic E-state index is -3.57. The normalized spacial score (nSPS) is 18.8. The van der Waals surface area contributed by atoms with Crippen molar-refractivity contribution in [2.45, 2.75) is 39.5 Å². The Kier molecular flexibility index (Phi) is 9.18. The zero-order chi connectivity index (χ0) is 30.5. The number of benzene rings is 1. The maximum atomic E-state index is 12.7. The summed E-state index contributed by atoms with van der Waals surface area (Å²) in [6, 6.07) is 11.0. The van der Waals surface area contributed by atoms with Crippen molar-refractivity contribution in [2.24, 2.45) is 5.92 Å². The second kappa shape index (κ2) is 12.5. The number of hydrogen-bond donors (Lipinski definition) is 3. The molecule has 3 amide bonds. The van der Waals surface area contributed by atoms with E-state index in [-0.39, 0.29) is 21.7 Å². The molecule has 1 saturated heterocycles. The number of pyridine rings is 1. The van der Waals surface area contributed by atoms with Gasteiger partial charge in [0.1, 0.15) is 36.8 Å². The van der Waals surface area contributed by atoms with E-state index in [9.17, 15) is 18.0 Å². The van der Waals surface area contributed by atoms with Gasteiger partial charge in [0, 0.05) is 29.3 Å². The third-order valence-corrected chi connectivity index (χ3v) is 7.34. The number of ether oxygens (including phenoxy) is 1. The molecule has 1 aliphatic heterocycles. The molecule has 0 saturated carbocycles. The Labute approximate surface area is 245 Å². The lowest BCUT2D eigenvalue weighted by Gasteiger charge is -2.28. The van der Waals surface area contributed by atoms with Gasteiger partial charge in [0.15, 0.2) is 5.82 Å². The molecule has 42 heavy (non-hydrogen) atoms. The molecule has 3 aromatic rings. The number of carbonyl (C=O) groups is 2. The van der Waals surface area contributed by atoms with Gasteiger partial charge in [-0.3, -0.25) is 10.1 Å². The Bertz CT molecular complexity index is 1500. The number of aromatic nitrogens is 2. The molecule has 0 aliphatic carbocycles. The van der Waals surface area contributed by atoms with Crippen LogP contribution >= 0.6 is 0 Å². The van der Waals surface area contributed by atoms with Gasteiger partial charge in [-0.05, 0) is 43.3 Å². The molecule has 3 heterocycles. The molecular formula is C28H37N6O7S+. The Balaban J connectivity index is 1.24. The minimum absolute atomic E-state index is 0.0651. The number of amides is 3. The second-order valence-corrected chi connectivity index (χ2v) is 12.9. The van der Waals surface area contributed by atoms with Crippen LogP contribution in [-0.4, -0.2) is 67.6 Å². The number of carbonyl (C=O) groups excluding carboxylic acids is 2. The average molecular weight is 602 g/mol. The summed E-state index contributed by atoms with van der Waals surface area (Å²) in [6.07, 6.45) is 3.31. The summed E-state index contributed by atoms with van der Waals surface area (Å²) in [5.41, 5.74) is 1.02. The van der Waals surface area contributed by atoms with E-state index in [4.69, 9.17) is 13.5 Å². The standard InChI is InChI=1S/C28H36N6O7S/c1-6-34(41-42(5,37)38)14-13-19(17-34)18-39-22-11-12-23(29-16-22)26(35)30-20-7-9-21(10-8-20)31-27(36)32-25-15-24(40-33-25)28(2,3)4/h7-12,15-16,19H,6,13-14,17-18H2,1-5H3,(H2-,29,30,31,32,33,35,36)/p+1/t19-,34?/m1/s1. The molecule has 4 rings (SSSR count). The lowest BCUT2D eigenvalue weighted by atomic mass is 9.93. The highest BCUT2D eigenvalue weighted by Crippen LogP contribution is 2.28. The molecule has 1 aromatic carbocycles. The summed E-state index contributed by atoms with van der Waals surface area (Å²) in [5.74, 6) is 1.19. The van der Waals surface area contributed by atoms with E-state index in [1.807, 2.05) is 27.7 Å². The predicted molar refractivity (Wildman–Crippen MR) is 157 cm³/mol. The molecule has 13 nitrogen and oxygen atoms in total. The van der Waals surface area contributed by atoms with Crippen LogP contribution in [0.5, 0.6) is 5.75 Å². The first-order valence-corrected chi connectivity index (χ1v) is 15.4. The van der Waals surface area contributed by atoms with Crippen LogP contribution in [0.15, 0.2) is 53.2 Å². The molecule has 0 spiro atoms. The molecule has 226 valence electrons. The highest BCUT2D eigenvalue weighted by molar-refractivity contribution is 7.85. The number of anilines is 3. The number of hydrogen-bond acceptors (Lipinski definition) is 9. The van der Waals surface area contributed by atoms with Crippen molar-refractivity contribution < 1.29 is 36.2 Å². The number of likely N-dealkylation sites (tertiary alicyclic amines) is 1. The van der Waals surface area contributed by atoms with Gasteiger partial charge in [-0.2, -0.15) is 13.1 Å². The van der Waals surface area contributed by atoms with Gasteiger partial charge in [-0.25, -0.2) is 9.78 Å². The van der Waals surface area contributed by atoms with Crippen LogP contribution in [0.4, 0.5) is 22.0 Å². The van der Waals surface area contributed by atoms with E-state index in [0.29, 0.717) is 54.9 Å².